The first-order valence-corrected chi connectivity index (χ1v) is 10.5. The van der Waals surface area contributed by atoms with Crippen molar-refractivity contribution < 1.29 is 23.8 Å². The molecule has 6 nitrogen and oxygen atoms in total. The van der Waals surface area contributed by atoms with Gasteiger partial charge in [0.2, 0.25) is 5.91 Å². The highest BCUT2D eigenvalue weighted by atomic mass is 35.5. The topological polar surface area (TPSA) is 65.1 Å². The van der Waals surface area contributed by atoms with E-state index in [4.69, 9.17) is 25.8 Å². The van der Waals surface area contributed by atoms with Gasteiger partial charge in [-0.3, -0.25) is 14.5 Å². The van der Waals surface area contributed by atoms with Gasteiger partial charge in [-0.1, -0.05) is 23.7 Å². The van der Waals surface area contributed by atoms with E-state index in [1.54, 1.807) is 50.5 Å². The Balaban J connectivity index is 1.92. The number of rotatable bonds is 5. The SMILES string of the molecule is COc1cc(OC)c(C2CC(=O)N(c3ccccc3Cl)C3=C2C(=O)CCC3)cc1OC. The number of methoxy groups -OCH3 is 3. The van der Waals surface area contributed by atoms with E-state index in [0.717, 1.165) is 11.3 Å². The maximum absolute atomic E-state index is 13.4. The number of nitrogens with zero attached hydrogens (tertiary/aromatic N) is 1. The summed E-state index contributed by atoms with van der Waals surface area (Å²) < 4.78 is 16.5. The Hall–Kier alpha value is -2.99. The molecule has 1 aliphatic carbocycles. The molecule has 1 heterocycles. The van der Waals surface area contributed by atoms with Crippen LogP contribution >= 0.6 is 11.6 Å². The summed E-state index contributed by atoms with van der Waals surface area (Å²) in [6, 6.07) is 10.7. The molecule has 1 atom stereocenters. The number of anilines is 1. The smallest absolute Gasteiger partial charge is 0.232 e. The van der Waals surface area contributed by atoms with Gasteiger partial charge in [0.25, 0.3) is 0 Å². The van der Waals surface area contributed by atoms with Crippen LogP contribution in [0.1, 0.15) is 37.2 Å². The van der Waals surface area contributed by atoms with Crippen LogP contribution in [0.2, 0.25) is 5.02 Å². The van der Waals surface area contributed by atoms with Crippen molar-refractivity contribution >= 4 is 29.0 Å². The number of ketones is 1. The number of allylic oxidation sites excluding steroid dienone is 2. The minimum absolute atomic E-state index is 0.0487. The van der Waals surface area contributed by atoms with Crippen molar-refractivity contribution in [1.82, 2.24) is 0 Å². The molecule has 0 spiro atoms. The highest BCUT2D eigenvalue weighted by molar-refractivity contribution is 6.34. The fourth-order valence-electron chi connectivity index (χ4n) is 4.50. The zero-order valence-electron chi connectivity index (χ0n) is 17.7. The first kappa shape index (κ1) is 21.2. The first-order valence-electron chi connectivity index (χ1n) is 10.1. The quantitative estimate of drug-likeness (QED) is 0.660. The predicted molar refractivity (Wildman–Crippen MR) is 118 cm³/mol. The molecule has 0 fully saturated rings. The van der Waals surface area contributed by atoms with E-state index >= 15 is 0 Å². The molecule has 1 amide bonds. The zero-order chi connectivity index (χ0) is 22.1. The van der Waals surface area contributed by atoms with E-state index in [9.17, 15) is 9.59 Å². The van der Waals surface area contributed by atoms with Gasteiger partial charge in [0.1, 0.15) is 5.75 Å². The molecular formula is C24H24ClNO5. The summed E-state index contributed by atoms with van der Waals surface area (Å²) in [5.74, 6) is 1.10. The Morgan fingerprint density at radius 3 is 2.29 bits per heavy atom. The minimum atomic E-state index is -0.427. The summed E-state index contributed by atoms with van der Waals surface area (Å²) in [6.45, 7) is 0. The third-order valence-electron chi connectivity index (χ3n) is 5.88. The van der Waals surface area contributed by atoms with Crippen molar-refractivity contribution in [3.8, 4) is 17.2 Å². The number of para-hydroxylation sites is 1. The van der Waals surface area contributed by atoms with Crippen molar-refractivity contribution in [1.29, 1.82) is 0 Å². The maximum Gasteiger partial charge on any atom is 0.232 e. The van der Waals surface area contributed by atoms with Crippen LogP contribution in [-0.2, 0) is 9.59 Å². The van der Waals surface area contributed by atoms with Crippen LogP contribution < -0.4 is 19.1 Å². The lowest BCUT2D eigenvalue weighted by atomic mass is 9.76. The summed E-state index contributed by atoms with van der Waals surface area (Å²) in [6.07, 6.45) is 1.91. The molecule has 2 aliphatic rings. The standard InChI is InChI=1S/C24H24ClNO5/c1-29-20-13-22(31-3)21(30-2)11-14(20)15-12-23(28)26(17-8-5-4-7-16(17)25)18-9-6-10-19(27)24(15)18/h4-5,7-8,11,13,15H,6,9-10,12H2,1-3H3. The number of Topliss-reactive ketones (excluding diaryl/α,β-unsaturated/α-hetero) is 1. The van der Waals surface area contributed by atoms with Crippen LogP contribution in [-0.4, -0.2) is 33.0 Å². The summed E-state index contributed by atoms with van der Waals surface area (Å²) in [5.41, 5.74) is 2.71. The van der Waals surface area contributed by atoms with Crippen LogP contribution in [0.15, 0.2) is 47.7 Å². The van der Waals surface area contributed by atoms with Crippen LogP contribution in [0, 0.1) is 0 Å². The number of benzene rings is 2. The molecule has 1 unspecified atom stereocenters. The van der Waals surface area contributed by atoms with Crippen molar-refractivity contribution in [3.63, 3.8) is 0 Å². The molecule has 4 rings (SSSR count). The lowest BCUT2D eigenvalue weighted by Gasteiger charge is -2.39. The van der Waals surface area contributed by atoms with Gasteiger partial charge < -0.3 is 14.2 Å². The second kappa shape index (κ2) is 8.63. The molecule has 2 aromatic carbocycles. The van der Waals surface area contributed by atoms with Gasteiger partial charge in [-0.25, -0.2) is 0 Å². The summed E-state index contributed by atoms with van der Waals surface area (Å²) in [5, 5.41) is 0.475. The lowest BCUT2D eigenvalue weighted by Crippen LogP contribution is -2.40. The molecule has 0 N–H and O–H groups in total. The van der Waals surface area contributed by atoms with Crippen LogP contribution in [0.3, 0.4) is 0 Å². The monoisotopic (exact) mass is 441 g/mol. The molecule has 31 heavy (non-hydrogen) atoms. The van der Waals surface area contributed by atoms with Crippen molar-refractivity contribution in [2.45, 2.75) is 31.6 Å². The normalized spacial score (nSPS) is 18.7. The summed E-state index contributed by atoms with van der Waals surface area (Å²) >= 11 is 6.41. The highest BCUT2D eigenvalue weighted by Gasteiger charge is 2.41. The number of carbonyl (C=O) groups excluding carboxylic acids is 2. The number of hydrogen-bond donors (Lipinski definition) is 0. The largest absolute Gasteiger partial charge is 0.496 e. The molecular weight excluding hydrogens is 418 g/mol. The Morgan fingerprint density at radius 2 is 1.61 bits per heavy atom. The average molecular weight is 442 g/mol. The van der Waals surface area contributed by atoms with Gasteiger partial charge in [0.05, 0.1) is 32.0 Å². The Kier molecular flexibility index (Phi) is 5.92. The second-order valence-electron chi connectivity index (χ2n) is 7.52. The van der Waals surface area contributed by atoms with E-state index in [0.29, 0.717) is 52.8 Å². The average Bonchev–Trinajstić information content (AvgIpc) is 2.78. The van der Waals surface area contributed by atoms with Gasteiger partial charge in [-0.2, -0.15) is 0 Å². The number of amides is 1. The highest BCUT2D eigenvalue weighted by Crippen LogP contribution is 2.48. The molecule has 0 saturated carbocycles. The molecule has 162 valence electrons. The van der Waals surface area contributed by atoms with Gasteiger partial charge in [0.15, 0.2) is 17.3 Å². The van der Waals surface area contributed by atoms with Gasteiger partial charge in [-0.05, 0) is 31.0 Å². The molecule has 0 radical (unpaired) electrons. The molecule has 0 saturated heterocycles. The number of halogens is 1. The molecule has 7 heteroatoms. The third kappa shape index (κ3) is 3.65. The van der Waals surface area contributed by atoms with Crippen molar-refractivity contribution in [2.75, 3.05) is 26.2 Å². The van der Waals surface area contributed by atoms with Crippen LogP contribution in [0.25, 0.3) is 0 Å². The fraction of sp³-hybridized carbons (Fsp3) is 0.333. The number of ether oxygens (including phenoxy) is 3. The van der Waals surface area contributed by atoms with Crippen LogP contribution in [0.4, 0.5) is 5.69 Å². The van der Waals surface area contributed by atoms with E-state index in [1.807, 2.05) is 12.1 Å². The maximum atomic E-state index is 13.4. The Labute approximate surface area is 186 Å². The van der Waals surface area contributed by atoms with Crippen molar-refractivity contribution in [3.05, 3.63) is 58.3 Å². The van der Waals surface area contributed by atoms with Crippen molar-refractivity contribution in [2.24, 2.45) is 0 Å². The predicted octanol–water partition coefficient (Wildman–Crippen LogP) is 4.89. The molecule has 1 aliphatic heterocycles. The van der Waals surface area contributed by atoms with E-state index < -0.39 is 5.92 Å². The first-order chi connectivity index (χ1) is 15.0. The number of hydrogen-bond acceptors (Lipinski definition) is 5. The van der Waals surface area contributed by atoms with Gasteiger partial charge in [0, 0.05) is 41.7 Å². The second-order valence-corrected chi connectivity index (χ2v) is 7.93. The Bertz CT molecular complexity index is 1080. The third-order valence-corrected chi connectivity index (χ3v) is 6.20. The fourth-order valence-corrected chi connectivity index (χ4v) is 4.72. The Morgan fingerprint density at radius 1 is 0.935 bits per heavy atom. The van der Waals surface area contributed by atoms with Gasteiger partial charge in [-0.15, -0.1) is 0 Å². The van der Waals surface area contributed by atoms with E-state index in [1.165, 1.54) is 0 Å². The number of carbonyl (C=O) groups is 2. The molecule has 0 bridgehead atoms. The van der Waals surface area contributed by atoms with E-state index in [2.05, 4.69) is 0 Å². The lowest BCUT2D eigenvalue weighted by molar-refractivity contribution is -0.119. The van der Waals surface area contributed by atoms with E-state index in [-0.39, 0.29) is 18.1 Å². The molecule has 0 aromatic heterocycles. The minimum Gasteiger partial charge on any atom is -0.496 e. The zero-order valence-corrected chi connectivity index (χ0v) is 18.5. The van der Waals surface area contributed by atoms with Gasteiger partial charge >= 0.3 is 0 Å². The summed E-state index contributed by atoms with van der Waals surface area (Å²) in [4.78, 5) is 28.2. The van der Waals surface area contributed by atoms with Crippen LogP contribution in [0.5, 0.6) is 17.2 Å². The molecule has 2 aromatic rings. The summed E-state index contributed by atoms with van der Waals surface area (Å²) in [7, 11) is 4.66.